The number of hydrogen-bond acceptors (Lipinski definition) is 14. The fourth-order valence-corrected chi connectivity index (χ4v) is 15.2. The van der Waals surface area contributed by atoms with Gasteiger partial charge in [0.05, 0.1) is 11.5 Å². The largest absolute Gasteiger partial charge is 0.534 e. The van der Waals surface area contributed by atoms with Crippen molar-refractivity contribution in [2.45, 2.75) is 130 Å². The van der Waals surface area contributed by atoms with Gasteiger partial charge in [-0.3, -0.25) is 0 Å². The van der Waals surface area contributed by atoms with Gasteiger partial charge in [-0.05, 0) is 281 Å². The lowest BCUT2D eigenvalue weighted by Crippen LogP contribution is -2.28. The van der Waals surface area contributed by atoms with Crippen LogP contribution in [-0.4, -0.2) is 63.3 Å². The zero-order chi connectivity index (χ0) is 94.7. The molecule has 19 heteroatoms. The third-order valence-corrected chi connectivity index (χ3v) is 22.8. The van der Waals surface area contributed by atoms with Crippen LogP contribution >= 0.6 is 15.9 Å². The molecule has 14 aromatic rings. The summed E-state index contributed by atoms with van der Waals surface area (Å²) in [6.07, 6.45) is 8.64. The number of benzene rings is 14. The van der Waals surface area contributed by atoms with Crippen molar-refractivity contribution in [1.82, 2.24) is 0 Å². The highest BCUT2D eigenvalue weighted by atomic mass is 79.9. The number of carbonyl (C=O) groups excluding carboxylic acids is 5. The van der Waals surface area contributed by atoms with Gasteiger partial charge >= 0.3 is 15.6 Å². The predicted molar refractivity (Wildman–Crippen MR) is 524 cm³/mol. The topological polar surface area (TPSA) is 228 Å². The monoisotopic (exact) mass is 1850 g/mol. The SMILES string of the molecule is C=C1CCc2cc(Br)ccc2O1.C=C1CCc2ccccc2O1.CC(=O)CCc1cc(-c2ccccc2)ccc1-c1cccc(O)c1.CC(=O)CCc1cc(-c2ccccc2)ccc1-c1cccc(O)c1.CC(=O)CCc1cc(-c2ccccc2)ccc1O.CC(=O)CCc1cc(-c2ccccc2)ccc1O.CC(=O)CCc1cc(-c2ccccc2)ccc1OS(=O)(=O)C(F)(F)F. The molecule has 2 heterocycles. The van der Waals surface area contributed by atoms with Crippen molar-refractivity contribution in [2.75, 3.05) is 0 Å². The molecule has 16 rings (SSSR count). The van der Waals surface area contributed by atoms with E-state index in [4.69, 9.17) is 9.47 Å². The van der Waals surface area contributed by atoms with Gasteiger partial charge in [-0.25, -0.2) is 0 Å². The Morgan fingerprint density at radius 1 is 0.326 bits per heavy atom. The highest BCUT2D eigenvalue weighted by Gasteiger charge is 2.49. The zero-order valence-electron chi connectivity index (χ0n) is 74.4. The van der Waals surface area contributed by atoms with Crippen LogP contribution in [0.1, 0.15) is 119 Å². The van der Waals surface area contributed by atoms with E-state index in [1.54, 1.807) is 88.4 Å². The molecule has 2 aliphatic heterocycles. The smallest absolute Gasteiger partial charge is 0.508 e. The first kappa shape index (κ1) is 99.9. The van der Waals surface area contributed by atoms with E-state index in [1.165, 1.54) is 36.2 Å². The molecule has 4 N–H and O–H groups in total. The molecule has 132 heavy (non-hydrogen) atoms. The Kier molecular flexibility index (Phi) is 37.5. The number of fused-ring (bicyclic) bond motifs is 2. The second-order valence-electron chi connectivity index (χ2n) is 31.8. The van der Waals surface area contributed by atoms with E-state index in [9.17, 15) is 66.0 Å². The number of hydrogen-bond donors (Lipinski definition) is 4. The van der Waals surface area contributed by atoms with Gasteiger partial charge in [-0.15, -0.1) is 0 Å². The number of aryl methyl sites for hydroxylation is 7. The van der Waals surface area contributed by atoms with Gasteiger partial charge in [0, 0.05) is 49.4 Å². The number of rotatable bonds is 24. The van der Waals surface area contributed by atoms with Crippen LogP contribution in [0.25, 0.3) is 77.9 Å². The number of carbonyl (C=O) groups is 5. The van der Waals surface area contributed by atoms with Gasteiger partial charge in [0.15, 0.2) is 0 Å². The Morgan fingerprint density at radius 3 is 0.992 bits per heavy atom. The van der Waals surface area contributed by atoms with E-state index < -0.39 is 21.4 Å². The second-order valence-corrected chi connectivity index (χ2v) is 34.3. The van der Waals surface area contributed by atoms with Gasteiger partial charge in [-0.1, -0.05) is 278 Å². The van der Waals surface area contributed by atoms with Gasteiger partial charge in [0.2, 0.25) is 0 Å². The summed E-state index contributed by atoms with van der Waals surface area (Å²) in [5.74, 6) is 4.73. The molecule has 0 aromatic heterocycles. The van der Waals surface area contributed by atoms with Crippen molar-refractivity contribution in [1.29, 1.82) is 0 Å². The normalized spacial score (nSPS) is 11.6. The molecular formula is C113H106BrF3O14S. The molecule has 0 unspecified atom stereocenters. The molecule has 0 radical (unpaired) electrons. The number of Topliss-reactive ketones (excluding diaryl/α,β-unsaturated/α-hetero) is 5. The van der Waals surface area contributed by atoms with Crippen molar-refractivity contribution in [2.24, 2.45) is 0 Å². The summed E-state index contributed by atoms with van der Waals surface area (Å²) in [4.78, 5) is 56.1. The van der Waals surface area contributed by atoms with Gasteiger partial charge < -0.3 is 58.1 Å². The lowest BCUT2D eigenvalue weighted by Gasteiger charge is -2.18. The molecule has 0 amide bonds. The van der Waals surface area contributed by atoms with Crippen LogP contribution in [0.3, 0.4) is 0 Å². The minimum atomic E-state index is -5.77. The molecule has 0 saturated heterocycles. The predicted octanol–water partition coefficient (Wildman–Crippen LogP) is 27.6. The molecule has 0 aliphatic carbocycles. The van der Waals surface area contributed by atoms with Crippen molar-refractivity contribution in [3.8, 4) is 118 Å². The first-order chi connectivity index (χ1) is 63.3. The van der Waals surface area contributed by atoms with Crippen LogP contribution in [0.2, 0.25) is 0 Å². The minimum absolute atomic E-state index is 0.0562. The summed E-state index contributed by atoms with van der Waals surface area (Å²) >= 11 is 3.43. The first-order valence-electron chi connectivity index (χ1n) is 43.3. The van der Waals surface area contributed by atoms with E-state index in [1.807, 2.05) is 182 Å². The Bertz CT molecular complexity index is 6150. The lowest BCUT2D eigenvalue weighted by molar-refractivity contribution is -0.117. The maximum absolute atomic E-state index is 12.5. The van der Waals surface area contributed by atoms with Crippen LogP contribution < -0.4 is 13.7 Å². The number of ketones is 5. The highest BCUT2D eigenvalue weighted by molar-refractivity contribution is 9.10. The minimum Gasteiger partial charge on any atom is -0.508 e. The fraction of sp³-hybridized carbons (Fsp3) is 0.177. The van der Waals surface area contributed by atoms with Crippen molar-refractivity contribution < 1.29 is 79.6 Å². The number of para-hydroxylation sites is 1. The third kappa shape index (κ3) is 31.6. The molecule has 0 spiro atoms. The number of alkyl halides is 3. The van der Waals surface area contributed by atoms with Crippen molar-refractivity contribution >= 4 is 55.0 Å². The summed E-state index contributed by atoms with van der Waals surface area (Å²) in [5.41, 5.74) is 15.6. The highest BCUT2D eigenvalue weighted by Crippen LogP contribution is 2.39. The quantitative estimate of drug-likeness (QED) is 0.0326. The van der Waals surface area contributed by atoms with Crippen LogP contribution in [0, 0.1) is 0 Å². The Morgan fingerprint density at radius 2 is 0.629 bits per heavy atom. The Labute approximate surface area is 779 Å². The summed E-state index contributed by atoms with van der Waals surface area (Å²) in [7, 11) is -5.77. The maximum atomic E-state index is 12.5. The first-order valence-corrected chi connectivity index (χ1v) is 45.5. The zero-order valence-corrected chi connectivity index (χ0v) is 76.8. The van der Waals surface area contributed by atoms with Crippen molar-refractivity contribution in [3.63, 3.8) is 0 Å². The third-order valence-electron chi connectivity index (χ3n) is 21.3. The standard InChI is InChI=1S/2C22H20O2.C17H15F3O4S.2C16H16O2.C10H9BrO.C10H10O/c2*1-16(23)10-11-20-14-18(17-6-3-2-4-7-17)12-13-22(20)19-8-5-9-21(24)15-19;1-12(21)7-8-15-11-14(13-5-3-2-4-6-13)9-10-16(15)24-25(22,23)17(18,19)20;2*1-12(17)7-8-15-11-14(9-10-16(15)18)13-5-3-2-4-6-13;1-7-2-3-8-6-9(11)4-5-10(8)12-7;1-8-6-7-9-4-2-3-5-10(9)11-8/h2*2-9,12-15,24H,10-11H2,1H3;2-6,9-11H,7-8H2,1H3;2*2-6,9-11,18H,7-8H2,1H3;4-6H,1-3H2;2-5H,1,6-7H2. The lowest BCUT2D eigenvalue weighted by atomic mass is 9.92. The summed E-state index contributed by atoms with van der Waals surface area (Å²) in [6.45, 7) is 15.3. The van der Waals surface area contributed by atoms with E-state index in [2.05, 4.69) is 106 Å². The molecule has 14 nitrogen and oxygen atoms in total. The second kappa shape index (κ2) is 49.5. The van der Waals surface area contributed by atoms with Gasteiger partial charge in [0.1, 0.15) is 69.2 Å². The van der Waals surface area contributed by atoms with Gasteiger partial charge in [-0.2, -0.15) is 21.6 Å². The number of aromatic hydroxyl groups is 4. The average Bonchev–Trinajstić information content (AvgIpc) is 0.804. The molecule has 0 atom stereocenters. The molecule has 2 aliphatic rings. The summed E-state index contributed by atoms with van der Waals surface area (Å²) in [6, 6.07) is 106. The van der Waals surface area contributed by atoms with Crippen molar-refractivity contribution in [3.05, 3.63) is 402 Å². The molecule has 0 saturated carbocycles. The van der Waals surface area contributed by atoms with Gasteiger partial charge in [0.25, 0.3) is 0 Å². The Balaban J connectivity index is 0.000000162. The molecule has 0 bridgehead atoms. The van der Waals surface area contributed by atoms with Crippen LogP contribution in [0.15, 0.2) is 363 Å². The number of phenolic OH excluding ortho intramolecular Hbond substituents is 4. The molecular weight excluding hydrogens is 1750 g/mol. The molecule has 0 fully saturated rings. The molecule has 676 valence electrons. The van der Waals surface area contributed by atoms with E-state index in [0.29, 0.717) is 56.9 Å². The van der Waals surface area contributed by atoms with E-state index in [-0.39, 0.29) is 70.3 Å². The van der Waals surface area contributed by atoms with Crippen LogP contribution in [0.5, 0.6) is 40.2 Å². The number of halogens is 4. The molecule has 14 aromatic carbocycles. The number of ether oxygens (including phenoxy) is 2. The van der Waals surface area contributed by atoms with Crippen LogP contribution in [0.4, 0.5) is 13.2 Å². The Hall–Kier alpha value is -14.3. The van der Waals surface area contributed by atoms with E-state index in [0.717, 1.165) is 148 Å². The fourth-order valence-electron chi connectivity index (χ4n) is 14.3. The maximum Gasteiger partial charge on any atom is 0.534 e. The average molecular weight is 1860 g/mol. The van der Waals surface area contributed by atoms with E-state index >= 15 is 0 Å². The number of phenols is 4. The van der Waals surface area contributed by atoms with Crippen LogP contribution in [-0.2, 0) is 79.0 Å². The summed E-state index contributed by atoms with van der Waals surface area (Å²) < 4.78 is 76.4. The summed E-state index contributed by atoms with van der Waals surface area (Å²) in [5, 5.41) is 39.1. The number of allylic oxidation sites excluding steroid dienone is 2.